The zero-order valence-electron chi connectivity index (χ0n) is 13.3. The molecule has 0 amide bonds. The van der Waals surface area contributed by atoms with Crippen LogP contribution in [0.1, 0.15) is 23.6 Å². The second kappa shape index (κ2) is 5.72. The molecule has 0 saturated heterocycles. The van der Waals surface area contributed by atoms with E-state index in [0.717, 1.165) is 16.3 Å². The maximum atomic E-state index is 12.6. The molecule has 0 saturated carbocycles. The third-order valence-corrected chi connectivity index (χ3v) is 4.84. The Hall–Kier alpha value is -2.73. The van der Waals surface area contributed by atoms with Crippen LogP contribution in [0.3, 0.4) is 0 Å². The quantitative estimate of drug-likeness (QED) is 0.571. The van der Waals surface area contributed by atoms with E-state index < -0.39 is 0 Å². The van der Waals surface area contributed by atoms with Gasteiger partial charge >= 0.3 is 0 Å². The van der Waals surface area contributed by atoms with Crippen LogP contribution in [0.5, 0.6) is 5.75 Å². The van der Waals surface area contributed by atoms with E-state index in [0.29, 0.717) is 15.9 Å². The number of rotatable bonds is 3. The highest BCUT2D eigenvalue weighted by Crippen LogP contribution is 2.25. The highest BCUT2D eigenvalue weighted by Gasteiger charge is 2.16. The van der Waals surface area contributed by atoms with Gasteiger partial charge in [0, 0.05) is 0 Å². The van der Waals surface area contributed by atoms with Gasteiger partial charge < -0.3 is 4.74 Å². The van der Waals surface area contributed by atoms with Crippen LogP contribution in [0.25, 0.3) is 15.9 Å². The summed E-state index contributed by atoms with van der Waals surface area (Å²) < 4.78 is 7.31. The Bertz CT molecular complexity index is 1100. The summed E-state index contributed by atoms with van der Waals surface area (Å²) in [6.45, 7) is 3.94. The largest absolute Gasteiger partial charge is 0.483 e. The summed E-state index contributed by atoms with van der Waals surface area (Å²) >= 11 is 1.37. The average Bonchev–Trinajstić information content (AvgIpc) is 3.00. The van der Waals surface area contributed by atoms with Crippen molar-refractivity contribution in [3.05, 3.63) is 69.5 Å². The fraction of sp³-hybridized carbons (Fsp3) is 0.167. The molecule has 2 heterocycles. The Kier molecular flexibility index (Phi) is 3.54. The molecule has 0 unspecified atom stereocenters. The minimum atomic E-state index is -0.263. The first-order valence-corrected chi connectivity index (χ1v) is 8.45. The lowest BCUT2D eigenvalue weighted by Gasteiger charge is -2.11. The van der Waals surface area contributed by atoms with Gasteiger partial charge in [-0.15, -0.1) is 0 Å². The highest BCUT2D eigenvalue weighted by molar-refractivity contribution is 7.16. The summed E-state index contributed by atoms with van der Waals surface area (Å²) in [5.74, 6) is 0.784. The molecule has 0 aliphatic rings. The molecule has 1 atom stereocenters. The molecule has 0 radical (unpaired) electrons. The van der Waals surface area contributed by atoms with E-state index in [4.69, 9.17) is 4.74 Å². The average molecular weight is 337 g/mol. The minimum Gasteiger partial charge on any atom is -0.483 e. The second-order valence-corrected chi connectivity index (χ2v) is 6.63. The van der Waals surface area contributed by atoms with Gasteiger partial charge in [-0.25, -0.2) is 4.98 Å². The van der Waals surface area contributed by atoms with E-state index in [9.17, 15) is 4.79 Å². The van der Waals surface area contributed by atoms with Crippen LogP contribution in [-0.2, 0) is 0 Å². The van der Waals surface area contributed by atoms with Gasteiger partial charge in [0.1, 0.15) is 11.9 Å². The third-order valence-electron chi connectivity index (χ3n) is 3.77. The highest BCUT2D eigenvalue weighted by atomic mass is 32.1. The summed E-state index contributed by atoms with van der Waals surface area (Å²) in [5, 5.41) is 5.70. The molecule has 0 N–H and O–H groups in total. The van der Waals surface area contributed by atoms with Crippen LogP contribution in [-0.4, -0.2) is 14.6 Å². The summed E-state index contributed by atoms with van der Waals surface area (Å²) in [6, 6.07) is 15.2. The molecule has 0 fully saturated rings. The monoisotopic (exact) mass is 337 g/mol. The van der Waals surface area contributed by atoms with Crippen molar-refractivity contribution >= 4 is 27.2 Å². The predicted molar refractivity (Wildman–Crippen MR) is 94.9 cm³/mol. The third kappa shape index (κ3) is 2.55. The van der Waals surface area contributed by atoms with Crippen molar-refractivity contribution in [1.82, 2.24) is 14.6 Å². The van der Waals surface area contributed by atoms with Crippen molar-refractivity contribution in [2.24, 2.45) is 0 Å². The van der Waals surface area contributed by atoms with E-state index in [-0.39, 0.29) is 11.7 Å². The van der Waals surface area contributed by atoms with Gasteiger partial charge in [-0.2, -0.15) is 9.61 Å². The molecule has 2 aromatic heterocycles. The molecule has 120 valence electrons. The summed E-state index contributed by atoms with van der Waals surface area (Å²) in [6.07, 6.45) is -0.263. The van der Waals surface area contributed by atoms with Crippen molar-refractivity contribution in [1.29, 1.82) is 0 Å². The maximum absolute atomic E-state index is 12.6. The molecular formula is C18H15N3O2S. The lowest BCUT2D eigenvalue weighted by molar-refractivity contribution is 0.225. The van der Waals surface area contributed by atoms with Crippen molar-refractivity contribution in [2.75, 3.05) is 0 Å². The molecule has 6 heteroatoms. The SMILES string of the molecule is Cc1cccc(O[C@H](C)c2nn3c(=O)c4ccccc4nc3s2)c1. The van der Waals surface area contributed by atoms with Crippen LogP contribution in [0.15, 0.2) is 53.3 Å². The van der Waals surface area contributed by atoms with Gasteiger partial charge in [0.15, 0.2) is 5.01 Å². The maximum Gasteiger partial charge on any atom is 0.283 e. The fourth-order valence-electron chi connectivity index (χ4n) is 2.58. The first-order chi connectivity index (χ1) is 11.6. The number of nitrogens with zero attached hydrogens (tertiary/aromatic N) is 3. The van der Waals surface area contributed by atoms with Gasteiger partial charge in [-0.1, -0.05) is 35.6 Å². The van der Waals surface area contributed by atoms with Crippen molar-refractivity contribution in [3.63, 3.8) is 0 Å². The van der Waals surface area contributed by atoms with Gasteiger partial charge in [-0.3, -0.25) is 4.79 Å². The zero-order valence-corrected chi connectivity index (χ0v) is 14.1. The second-order valence-electron chi connectivity index (χ2n) is 5.65. The number of aryl methyl sites for hydroxylation is 1. The van der Waals surface area contributed by atoms with Crippen LogP contribution in [0, 0.1) is 6.92 Å². The number of hydrogen-bond acceptors (Lipinski definition) is 5. The minimum absolute atomic E-state index is 0.152. The number of fused-ring (bicyclic) bond motifs is 2. The van der Waals surface area contributed by atoms with E-state index in [2.05, 4.69) is 10.1 Å². The topological polar surface area (TPSA) is 56.5 Å². The van der Waals surface area contributed by atoms with Crippen LogP contribution < -0.4 is 10.3 Å². The van der Waals surface area contributed by atoms with Gasteiger partial charge in [0.25, 0.3) is 5.56 Å². The van der Waals surface area contributed by atoms with Gasteiger partial charge in [-0.05, 0) is 43.7 Å². The standard InChI is InChI=1S/C18H15N3O2S/c1-11-6-5-7-13(10-11)23-12(2)16-20-21-17(22)14-8-3-4-9-15(14)19-18(21)24-16/h3-10,12H,1-2H3/t12-/m1/s1. The Morgan fingerprint density at radius 1 is 1.17 bits per heavy atom. The first kappa shape index (κ1) is 14.8. The lowest BCUT2D eigenvalue weighted by Crippen LogP contribution is -2.15. The molecule has 4 aromatic rings. The molecular weight excluding hydrogens is 322 g/mol. The number of para-hydroxylation sites is 1. The summed E-state index contributed by atoms with van der Waals surface area (Å²) in [5.41, 5.74) is 1.67. The molecule has 24 heavy (non-hydrogen) atoms. The molecule has 2 aromatic carbocycles. The fourth-order valence-corrected chi connectivity index (χ4v) is 3.46. The van der Waals surface area contributed by atoms with Crippen molar-refractivity contribution in [3.8, 4) is 5.75 Å². The summed E-state index contributed by atoms with van der Waals surface area (Å²) in [7, 11) is 0. The molecule has 4 rings (SSSR count). The van der Waals surface area contributed by atoms with Crippen LogP contribution in [0.4, 0.5) is 0 Å². The molecule has 0 spiro atoms. The summed E-state index contributed by atoms with van der Waals surface area (Å²) in [4.78, 5) is 17.7. The number of aromatic nitrogens is 3. The smallest absolute Gasteiger partial charge is 0.283 e. The van der Waals surface area contributed by atoms with Crippen molar-refractivity contribution in [2.45, 2.75) is 20.0 Å². The van der Waals surface area contributed by atoms with Gasteiger partial charge in [0.2, 0.25) is 4.96 Å². The Labute approximate surface area is 142 Å². The molecule has 0 bridgehead atoms. The van der Waals surface area contributed by atoms with Crippen LogP contribution in [0.2, 0.25) is 0 Å². The van der Waals surface area contributed by atoms with Crippen LogP contribution >= 0.6 is 11.3 Å². The van der Waals surface area contributed by atoms with E-state index >= 15 is 0 Å². The predicted octanol–water partition coefficient (Wildman–Crippen LogP) is 3.75. The Morgan fingerprint density at radius 3 is 2.83 bits per heavy atom. The van der Waals surface area contributed by atoms with E-state index in [1.807, 2.05) is 56.3 Å². The molecule has 5 nitrogen and oxygen atoms in total. The zero-order chi connectivity index (χ0) is 16.7. The first-order valence-electron chi connectivity index (χ1n) is 7.63. The number of ether oxygens (including phenoxy) is 1. The lowest BCUT2D eigenvalue weighted by atomic mass is 10.2. The van der Waals surface area contributed by atoms with Crippen molar-refractivity contribution < 1.29 is 4.74 Å². The number of hydrogen-bond donors (Lipinski definition) is 0. The Morgan fingerprint density at radius 2 is 2.00 bits per heavy atom. The number of benzene rings is 2. The normalized spacial score (nSPS) is 12.6. The Balaban J connectivity index is 1.76. The molecule has 0 aliphatic heterocycles. The van der Waals surface area contributed by atoms with Gasteiger partial charge in [0.05, 0.1) is 10.9 Å². The van der Waals surface area contributed by atoms with E-state index in [1.165, 1.54) is 15.9 Å². The molecule has 0 aliphatic carbocycles. The van der Waals surface area contributed by atoms with E-state index in [1.54, 1.807) is 6.07 Å².